The molecule has 5 nitrogen and oxygen atoms in total. The van der Waals surface area contributed by atoms with Crippen LogP contribution in [0.25, 0.3) is 0 Å². The highest BCUT2D eigenvalue weighted by Gasteiger charge is 2.33. The molecule has 0 bridgehead atoms. The first-order chi connectivity index (χ1) is 11.1. The summed E-state index contributed by atoms with van der Waals surface area (Å²) < 4.78 is 33.1. The minimum absolute atomic E-state index is 0.135. The summed E-state index contributed by atoms with van der Waals surface area (Å²) in [6, 6.07) is 0. The van der Waals surface area contributed by atoms with Gasteiger partial charge < -0.3 is 14.7 Å². The van der Waals surface area contributed by atoms with Crippen LogP contribution in [0.2, 0.25) is 0 Å². The van der Waals surface area contributed by atoms with E-state index >= 15 is 0 Å². The highest BCUT2D eigenvalue weighted by Crippen LogP contribution is 2.35. The summed E-state index contributed by atoms with van der Waals surface area (Å²) in [6.45, 7) is 6.09. The summed E-state index contributed by atoms with van der Waals surface area (Å²) >= 11 is 2.90. The Hall–Kier alpha value is -1.28. The van der Waals surface area contributed by atoms with Crippen LogP contribution in [0.4, 0.5) is 13.6 Å². The van der Waals surface area contributed by atoms with Gasteiger partial charge in [0, 0.05) is 13.1 Å². The number of nitrogens with zero attached hydrogens (tertiary/aromatic N) is 2. The van der Waals surface area contributed by atoms with Crippen molar-refractivity contribution in [3.05, 3.63) is 28.0 Å². The number of rotatable bonds is 2. The minimum atomic E-state index is -1.29. The molecule has 134 valence electrons. The maximum Gasteiger partial charge on any atom is 0.410 e. The van der Waals surface area contributed by atoms with Gasteiger partial charge in [-0.05, 0) is 55.5 Å². The van der Waals surface area contributed by atoms with E-state index in [9.17, 15) is 18.7 Å². The summed E-state index contributed by atoms with van der Waals surface area (Å²) in [4.78, 5) is 17.1. The van der Waals surface area contributed by atoms with E-state index in [1.165, 1.54) is 0 Å². The van der Waals surface area contributed by atoms with E-state index in [0.717, 1.165) is 6.20 Å². The van der Waals surface area contributed by atoms with Gasteiger partial charge in [-0.25, -0.2) is 18.6 Å². The molecule has 1 amide bonds. The van der Waals surface area contributed by atoms with Crippen molar-refractivity contribution in [1.29, 1.82) is 0 Å². The van der Waals surface area contributed by atoms with Crippen molar-refractivity contribution in [3.8, 4) is 0 Å². The number of hydrogen-bond donors (Lipinski definition) is 1. The van der Waals surface area contributed by atoms with Crippen LogP contribution in [0.15, 0.2) is 10.8 Å². The summed E-state index contributed by atoms with van der Waals surface area (Å²) in [6.07, 6.45) is 0.0320. The van der Waals surface area contributed by atoms with Crippen LogP contribution in [0.1, 0.15) is 45.3 Å². The third-order valence-corrected chi connectivity index (χ3v) is 4.45. The smallest absolute Gasteiger partial charge is 0.410 e. The van der Waals surface area contributed by atoms with Gasteiger partial charge in [-0.15, -0.1) is 0 Å². The van der Waals surface area contributed by atoms with E-state index in [1.807, 2.05) is 0 Å². The fraction of sp³-hybridized carbons (Fsp3) is 0.625. The van der Waals surface area contributed by atoms with Crippen molar-refractivity contribution in [3.63, 3.8) is 0 Å². The Bertz CT molecular complexity index is 614. The molecule has 0 aromatic carbocycles. The van der Waals surface area contributed by atoms with Crippen molar-refractivity contribution < 1.29 is 23.4 Å². The monoisotopic (exact) mass is 406 g/mol. The number of aromatic nitrogens is 1. The van der Waals surface area contributed by atoms with E-state index in [4.69, 9.17) is 4.74 Å². The van der Waals surface area contributed by atoms with E-state index in [1.54, 1.807) is 25.7 Å². The summed E-state index contributed by atoms with van der Waals surface area (Å²) in [7, 11) is 0. The van der Waals surface area contributed by atoms with E-state index in [2.05, 4.69) is 20.9 Å². The Kier molecular flexibility index (Phi) is 5.80. The molecule has 1 N–H and O–H groups in total. The molecule has 2 heterocycles. The Labute approximate surface area is 148 Å². The molecule has 1 unspecified atom stereocenters. The van der Waals surface area contributed by atoms with Crippen LogP contribution in [-0.4, -0.2) is 39.8 Å². The second-order valence-corrected chi connectivity index (χ2v) is 7.63. The lowest BCUT2D eigenvalue weighted by molar-refractivity contribution is 0.00666. The fourth-order valence-corrected chi connectivity index (χ4v) is 3.00. The van der Waals surface area contributed by atoms with Crippen LogP contribution in [0.3, 0.4) is 0 Å². The molecule has 1 aromatic rings. The van der Waals surface area contributed by atoms with E-state index in [0.29, 0.717) is 25.9 Å². The topological polar surface area (TPSA) is 62.7 Å². The average Bonchev–Trinajstić information content (AvgIpc) is 2.50. The van der Waals surface area contributed by atoms with Gasteiger partial charge in [0.25, 0.3) is 0 Å². The second kappa shape index (κ2) is 7.31. The number of pyridine rings is 1. The van der Waals surface area contributed by atoms with Crippen LogP contribution >= 0.6 is 15.9 Å². The molecule has 24 heavy (non-hydrogen) atoms. The first-order valence-corrected chi connectivity index (χ1v) is 8.55. The number of hydrogen-bond acceptors (Lipinski definition) is 4. The third-order valence-electron chi connectivity index (χ3n) is 3.90. The largest absolute Gasteiger partial charge is 0.444 e. The number of halogens is 3. The lowest BCUT2D eigenvalue weighted by Gasteiger charge is -2.35. The zero-order valence-electron chi connectivity index (χ0n) is 13.9. The van der Waals surface area contributed by atoms with E-state index < -0.39 is 29.4 Å². The predicted octanol–water partition coefficient (Wildman–Crippen LogP) is 3.80. The first kappa shape index (κ1) is 19.1. The number of aliphatic hydroxyl groups is 1. The first-order valence-electron chi connectivity index (χ1n) is 7.75. The van der Waals surface area contributed by atoms with Gasteiger partial charge in [0.2, 0.25) is 0 Å². The molecular weight excluding hydrogens is 386 g/mol. The number of ether oxygens (including phenoxy) is 1. The van der Waals surface area contributed by atoms with Crippen molar-refractivity contribution >= 4 is 22.0 Å². The zero-order chi connectivity index (χ0) is 18.1. The Morgan fingerprint density at radius 2 is 2.00 bits per heavy atom. The van der Waals surface area contributed by atoms with Gasteiger partial charge in [-0.2, -0.15) is 0 Å². The van der Waals surface area contributed by atoms with Crippen molar-refractivity contribution in [2.45, 2.75) is 45.3 Å². The standard InChI is InChI=1S/C16H21BrF2N2O3/c1-16(2,3)24-15(23)21-6-4-9(5-7-21)13(22)11-10(18)8-20-14(17)12(11)19/h8-9,13,22H,4-7H2,1-3H3. The summed E-state index contributed by atoms with van der Waals surface area (Å²) in [5.41, 5.74) is -0.962. The lowest BCUT2D eigenvalue weighted by Crippen LogP contribution is -2.42. The molecule has 1 aliphatic heterocycles. The molecule has 0 aliphatic carbocycles. The van der Waals surface area contributed by atoms with Crippen molar-refractivity contribution in [2.24, 2.45) is 5.92 Å². The maximum absolute atomic E-state index is 14.1. The van der Waals surface area contributed by atoms with Gasteiger partial charge in [-0.1, -0.05) is 0 Å². The number of amides is 1. The Morgan fingerprint density at radius 3 is 2.54 bits per heavy atom. The van der Waals surface area contributed by atoms with Crippen LogP contribution in [0.5, 0.6) is 0 Å². The highest BCUT2D eigenvalue weighted by atomic mass is 79.9. The van der Waals surface area contributed by atoms with Gasteiger partial charge in [0.05, 0.1) is 17.9 Å². The van der Waals surface area contributed by atoms with Crippen molar-refractivity contribution in [1.82, 2.24) is 9.88 Å². The predicted molar refractivity (Wildman–Crippen MR) is 87.3 cm³/mol. The summed E-state index contributed by atoms with van der Waals surface area (Å²) in [5.74, 6) is -2.11. The molecule has 1 fully saturated rings. The number of carbonyl (C=O) groups is 1. The summed E-state index contributed by atoms with van der Waals surface area (Å²) in [5, 5.41) is 10.4. The molecule has 1 aliphatic rings. The van der Waals surface area contributed by atoms with Gasteiger partial charge in [-0.3, -0.25) is 0 Å². The minimum Gasteiger partial charge on any atom is -0.444 e. The van der Waals surface area contributed by atoms with Gasteiger partial charge in [0.15, 0.2) is 5.82 Å². The molecule has 2 rings (SSSR count). The maximum atomic E-state index is 14.1. The number of piperidine rings is 1. The molecular formula is C16H21BrF2N2O3. The molecule has 8 heteroatoms. The SMILES string of the molecule is CC(C)(C)OC(=O)N1CCC(C(O)c2c(F)cnc(Br)c2F)CC1. The van der Waals surface area contributed by atoms with Gasteiger partial charge in [0.1, 0.15) is 16.0 Å². The quantitative estimate of drug-likeness (QED) is 0.758. The molecule has 0 radical (unpaired) electrons. The third kappa shape index (κ3) is 4.42. The molecule has 1 atom stereocenters. The zero-order valence-corrected chi connectivity index (χ0v) is 15.4. The Balaban J connectivity index is 2.02. The highest BCUT2D eigenvalue weighted by molar-refractivity contribution is 9.10. The molecule has 0 spiro atoms. The Morgan fingerprint density at radius 1 is 1.42 bits per heavy atom. The molecule has 1 saturated heterocycles. The van der Waals surface area contributed by atoms with Gasteiger partial charge >= 0.3 is 6.09 Å². The number of likely N-dealkylation sites (tertiary alicyclic amines) is 1. The number of carbonyl (C=O) groups excluding carboxylic acids is 1. The van der Waals surface area contributed by atoms with Crippen LogP contribution in [-0.2, 0) is 4.74 Å². The van der Waals surface area contributed by atoms with E-state index in [-0.39, 0.29) is 16.1 Å². The fourth-order valence-electron chi connectivity index (χ4n) is 2.69. The number of aliphatic hydroxyl groups excluding tert-OH is 1. The van der Waals surface area contributed by atoms with Crippen LogP contribution in [0, 0.1) is 17.6 Å². The normalized spacial score (nSPS) is 17.7. The van der Waals surface area contributed by atoms with Crippen molar-refractivity contribution in [2.75, 3.05) is 13.1 Å². The lowest BCUT2D eigenvalue weighted by atomic mass is 9.87. The average molecular weight is 407 g/mol. The van der Waals surface area contributed by atoms with Crippen LogP contribution < -0.4 is 0 Å². The molecule has 0 saturated carbocycles. The molecule has 1 aromatic heterocycles. The second-order valence-electron chi connectivity index (χ2n) is 6.87.